The highest BCUT2D eigenvalue weighted by molar-refractivity contribution is 7.10. The maximum atomic E-state index is 10.9. The minimum Gasteiger partial charge on any atom is -0.493 e. The van der Waals surface area contributed by atoms with Crippen molar-refractivity contribution < 1.29 is 5.11 Å². The SMILES string of the molecule is O=c1[nH]c(O)c(C2=CCCCC2)s1. The van der Waals surface area contributed by atoms with Gasteiger partial charge in [-0.25, -0.2) is 0 Å². The maximum Gasteiger partial charge on any atom is 0.307 e. The maximum absolute atomic E-state index is 10.9. The molecular formula is C9H11NO2S. The highest BCUT2D eigenvalue weighted by Gasteiger charge is 2.13. The van der Waals surface area contributed by atoms with Gasteiger partial charge in [0.05, 0.1) is 4.88 Å². The molecule has 1 aromatic heterocycles. The summed E-state index contributed by atoms with van der Waals surface area (Å²) in [4.78, 5) is 13.9. The zero-order chi connectivity index (χ0) is 9.26. The van der Waals surface area contributed by atoms with E-state index in [1.807, 2.05) is 0 Å². The number of H-pyrrole nitrogens is 1. The van der Waals surface area contributed by atoms with Crippen molar-refractivity contribution in [3.05, 3.63) is 20.6 Å². The van der Waals surface area contributed by atoms with Gasteiger partial charge in [0.15, 0.2) is 0 Å². The third-order valence-corrected chi connectivity index (χ3v) is 3.16. The number of hydrogen-bond acceptors (Lipinski definition) is 3. The molecule has 1 heterocycles. The molecule has 2 rings (SSSR count). The molecule has 0 bridgehead atoms. The molecule has 0 amide bonds. The predicted molar refractivity (Wildman–Crippen MR) is 53.0 cm³/mol. The summed E-state index contributed by atoms with van der Waals surface area (Å²) in [6.45, 7) is 0. The normalized spacial score (nSPS) is 17.1. The molecule has 0 fully saturated rings. The molecule has 0 unspecified atom stereocenters. The molecule has 0 saturated carbocycles. The van der Waals surface area contributed by atoms with E-state index in [4.69, 9.17) is 0 Å². The van der Waals surface area contributed by atoms with Crippen LogP contribution in [0.25, 0.3) is 5.57 Å². The Morgan fingerprint density at radius 3 is 2.85 bits per heavy atom. The Kier molecular flexibility index (Phi) is 2.22. The molecule has 13 heavy (non-hydrogen) atoms. The highest BCUT2D eigenvalue weighted by Crippen LogP contribution is 2.32. The van der Waals surface area contributed by atoms with Crippen LogP contribution < -0.4 is 4.87 Å². The van der Waals surface area contributed by atoms with E-state index in [0.717, 1.165) is 41.0 Å². The molecule has 0 aliphatic heterocycles. The summed E-state index contributed by atoms with van der Waals surface area (Å²) in [5, 5.41) is 9.40. The average molecular weight is 197 g/mol. The number of aromatic amines is 1. The molecule has 1 aromatic rings. The second kappa shape index (κ2) is 3.38. The summed E-state index contributed by atoms with van der Waals surface area (Å²) in [5.74, 6) is 0.0307. The lowest BCUT2D eigenvalue weighted by Gasteiger charge is -2.10. The van der Waals surface area contributed by atoms with Crippen LogP contribution in [0, 0.1) is 0 Å². The highest BCUT2D eigenvalue weighted by atomic mass is 32.1. The molecule has 0 aromatic carbocycles. The summed E-state index contributed by atoms with van der Waals surface area (Å²) in [6, 6.07) is 0. The van der Waals surface area contributed by atoms with Crippen molar-refractivity contribution in [2.75, 3.05) is 0 Å². The first-order valence-corrected chi connectivity index (χ1v) is 5.20. The number of thiazole rings is 1. The number of nitrogens with one attached hydrogen (secondary N) is 1. The van der Waals surface area contributed by atoms with Crippen LogP contribution in [0.1, 0.15) is 30.6 Å². The van der Waals surface area contributed by atoms with Crippen LogP contribution in [-0.2, 0) is 0 Å². The molecule has 0 atom stereocenters. The monoisotopic (exact) mass is 197 g/mol. The van der Waals surface area contributed by atoms with Gasteiger partial charge in [0.25, 0.3) is 0 Å². The van der Waals surface area contributed by atoms with Gasteiger partial charge in [-0.2, -0.15) is 0 Å². The van der Waals surface area contributed by atoms with Crippen LogP contribution >= 0.6 is 11.3 Å². The first kappa shape index (κ1) is 8.56. The third kappa shape index (κ3) is 1.67. The van der Waals surface area contributed by atoms with E-state index in [1.165, 1.54) is 6.42 Å². The van der Waals surface area contributed by atoms with Crippen molar-refractivity contribution in [1.29, 1.82) is 0 Å². The fourth-order valence-electron chi connectivity index (χ4n) is 1.58. The van der Waals surface area contributed by atoms with Gasteiger partial charge in [-0.05, 0) is 31.3 Å². The molecule has 70 valence electrons. The Morgan fingerprint density at radius 2 is 2.31 bits per heavy atom. The van der Waals surface area contributed by atoms with E-state index in [-0.39, 0.29) is 10.8 Å². The van der Waals surface area contributed by atoms with Crippen molar-refractivity contribution in [3.63, 3.8) is 0 Å². The minimum absolute atomic E-state index is 0.0307. The Labute approximate surface area is 79.7 Å². The summed E-state index contributed by atoms with van der Waals surface area (Å²) in [6.07, 6.45) is 6.51. The standard InChI is InChI=1S/C9H11NO2S/c11-8-7(13-9(12)10-8)6-4-2-1-3-5-6/h4,11H,1-3,5H2,(H,10,12). The smallest absolute Gasteiger partial charge is 0.307 e. The lowest BCUT2D eigenvalue weighted by molar-refractivity contribution is 0.454. The Balaban J connectivity index is 2.39. The average Bonchev–Trinajstić information content (AvgIpc) is 2.47. The second-order valence-electron chi connectivity index (χ2n) is 3.17. The van der Waals surface area contributed by atoms with E-state index in [9.17, 15) is 9.90 Å². The lowest BCUT2D eigenvalue weighted by Crippen LogP contribution is -1.89. The van der Waals surface area contributed by atoms with E-state index in [0.29, 0.717) is 0 Å². The summed E-state index contributed by atoms with van der Waals surface area (Å²) < 4.78 is 0. The van der Waals surface area contributed by atoms with Gasteiger partial charge in [0, 0.05) is 0 Å². The van der Waals surface area contributed by atoms with Gasteiger partial charge in [-0.1, -0.05) is 17.4 Å². The fourth-order valence-corrected chi connectivity index (χ4v) is 2.38. The van der Waals surface area contributed by atoms with Gasteiger partial charge in [-0.3, -0.25) is 9.78 Å². The van der Waals surface area contributed by atoms with Crippen LogP contribution in [0.5, 0.6) is 5.88 Å². The third-order valence-electron chi connectivity index (χ3n) is 2.21. The first-order valence-electron chi connectivity index (χ1n) is 4.39. The number of rotatable bonds is 1. The second-order valence-corrected chi connectivity index (χ2v) is 4.15. The quantitative estimate of drug-likeness (QED) is 0.724. The van der Waals surface area contributed by atoms with Crippen LogP contribution in [0.2, 0.25) is 0 Å². The summed E-state index contributed by atoms with van der Waals surface area (Å²) in [5.41, 5.74) is 1.12. The van der Waals surface area contributed by atoms with Crippen molar-refractivity contribution in [2.45, 2.75) is 25.7 Å². The molecule has 0 saturated heterocycles. The zero-order valence-electron chi connectivity index (χ0n) is 7.17. The molecule has 3 nitrogen and oxygen atoms in total. The van der Waals surface area contributed by atoms with E-state index >= 15 is 0 Å². The van der Waals surface area contributed by atoms with E-state index < -0.39 is 0 Å². The molecule has 1 aliphatic rings. The number of aromatic hydroxyl groups is 1. The molecular weight excluding hydrogens is 186 g/mol. The van der Waals surface area contributed by atoms with Crippen molar-refractivity contribution in [3.8, 4) is 5.88 Å². The largest absolute Gasteiger partial charge is 0.493 e. The number of hydrogen-bond donors (Lipinski definition) is 2. The minimum atomic E-state index is -0.182. The van der Waals surface area contributed by atoms with Gasteiger partial charge in [0.2, 0.25) is 5.88 Å². The first-order chi connectivity index (χ1) is 6.27. The molecule has 4 heteroatoms. The molecule has 0 spiro atoms. The van der Waals surface area contributed by atoms with E-state index in [2.05, 4.69) is 11.1 Å². The molecule has 0 radical (unpaired) electrons. The topological polar surface area (TPSA) is 53.1 Å². The van der Waals surface area contributed by atoms with E-state index in [1.54, 1.807) is 0 Å². The van der Waals surface area contributed by atoms with Gasteiger partial charge >= 0.3 is 4.87 Å². The number of aromatic nitrogens is 1. The van der Waals surface area contributed by atoms with Crippen molar-refractivity contribution >= 4 is 16.9 Å². The lowest BCUT2D eigenvalue weighted by atomic mass is 9.99. The van der Waals surface area contributed by atoms with Gasteiger partial charge in [-0.15, -0.1) is 0 Å². The van der Waals surface area contributed by atoms with Crippen LogP contribution in [0.15, 0.2) is 10.9 Å². The van der Waals surface area contributed by atoms with Crippen LogP contribution in [0.3, 0.4) is 0 Å². The van der Waals surface area contributed by atoms with Gasteiger partial charge in [0.1, 0.15) is 0 Å². The van der Waals surface area contributed by atoms with Crippen molar-refractivity contribution in [2.24, 2.45) is 0 Å². The molecule has 2 N–H and O–H groups in total. The Hall–Kier alpha value is -1.03. The predicted octanol–water partition coefficient (Wildman–Crippen LogP) is 2.10. The zero-order valence-corrected chi connectivity index (χ0v) is 7.99. The summed E-state index contributed by atoms with van der Waals surface area (Å²) >= 11 is 1.09. The fraction of sp³-hybridized carbons (Fsp3) is 0.444. The van der Waals surface area contributed by atoms with Crippen LogP contribution in [0.4, 0.5) is 0 Å². The Morgan fingerprint density at radius 1 is 1.46 bits per heavy atom. The molecule has 1 aliphatic carbocycles. The summed E-state index contributed by atoms with van der Waals surface area (Å²) in [7, 11) is 0. The van der Waals surface area contributed by atoms with Gasteiger partial charge < -0.3 is 5.11 Å². The Bertz CT molecular complexity index is 389. The van der Waals surface area contributed by atoms with Crippen LogP contribution in [-0.4, -0.2) is 10.1 Å². The van der Waals surface area contributed by atoms with Crippen molar-refractivity contribution in [1.82, 2.24) is 4.98 Å². The number of allylic oxidation sites excluding steroid dienone is 2.